The van der Waals surface area contributed by atoms with E-state index in [4.69, 9.17) is 0 Å². The van der Waals surface area contributed by atoms with Crippen molar-refractivity contribution in [3.05, 3.63) is 66.0 Å². The van der Waals surface area contributed by atoms with Crippen LogP contribution in [0.5, 0.6) is 5.75 Å². The van der Waals surface area contributed by atoms with Crippen LogP contribution in [0, 0.1) is 0 Å². The SMILES string of the molecule is C=C/C=C(CN(C)C(CCO)C(CCO)N(C)Cc1ccccc1O)\C(O)=C/C. The lowest BCUT2D eigenvalue weighted by atomic mass is 9.97. The van der Waals surface area contributed by atoms with Crippen LogP contribution in [0.15, 0.2) is 60.4 Å². The molecule has 0 aliphatic heterocycles. The van der Waals surface area contributed by atoms with Gasteiger partial charge in [-0.15, -0.1) is 0 Å². The highest BCUT2D eigenvalue weighted by atomic mass is 16.3. The number of rotatable bonds is 13. The van der Waals surface area contributed by atoms with Gasteiger partial charge in [-0.1, -0.05) is 36.9 Å². The molecule has 2 atom stereocenters. The summed E-state index contributed by atoms with van der Waals surface area (Å²) in [5, 5.41) is 39.6. The number of aliphatic hydroxyl groups is 3. The highest BCUT2D eigenvalue weighted by molar-refractivity contribution is 5.32. The molecule has 2 unspecified atom stereocenters. The Labute approximate surface area is 174 Å². The summed E-state index contributed by atoms with van der Waals surface area (Å²) in [6, 6.07) is 7.08. The Hall–Kier alpha value is -2.12. The van der Waals surface area contributed by atoms with Gasteiger partial charge >= 0.3 is 0 Å². The lowest BCUT2D eigenvalue weighted by Gasteiger charge is -2.40. The van der Waals surface area contributed by atoms with Crippen LogP contribution in [0.2, 0.25) is 0 Å². The number of hydrogen-bond acceptors (Lipinski definition) is 6. The Bertz CT molecular complexity index is 687. The number of aromatic hydroxyl groups is 1. The zero-order chi connectivity index (χ0) is 21.8. The molecule has 1 aromatic rings. The molecule has 6 heteroatoms. The first-order valence-electron chi connectivity index (χ1n) is 9.95. The normalized spacial score (nSPS) is 15.0. The fraction of sp³-hybridized carbons (Fsp3) is 0.478. The Kier molecular flexibility index (Phi) is 11.3. The average Bonchev–Trinajstić information content (AvgIpc) is 2.71. The highest BCUT2D eigenvalue weighted by Gasteiger charge is 2.29. The van der Waals surface area contributed by atoms with Crippen molar-refractivity contribution in [2.45, 2.75) is 38.4 Å². The largest absolute Gasteiger partial charge is 0.508 e. The molecule has 0 amide bonds. The third-order valence-electron chi connectivity index (χ3n) is 5.18. The molecule has 0 aliphatic rings. The van der Waals surface area contributed by atoms with E-state index in [-0.39, 0.29) is 36.8 Å². The molecular weight excluding hydrogens is 368 g/mol. The summed E-state index contributed by atoms with van der Waals surface area (Å²) in [4.78, 5) is 4.17. The lowest BCUT2D eigenvalue weighted by Crippen LogP contribution is -2.50. The number of nitrogens with zero attached hydrogens (tertiary/aromatic N) is 2. The van der Waals surface area contributed by atoms with Crippen LogP contribution in [-0.4, -0.2) is 76.2 Å². The molecule has 29 heavy (non-hydrogen) atoms. The van der Waals surface area contributed by atoms with E-state index in [9.17, 15) is 20.4 Å². The number of hydrogen-bond donors (Lipinski definition) is 4. The molecule has 1 aromatic carbocycles. The topological polar surface area (TPSA) is 87.4 Å². The minimum Gasteiger partial charge on any atom is -0.508 e. The molecule has 0 aromatic heterocycles. The first-order chi connectivity index (χ1) is 13.9. The van der Waals surface area contributed by atoms with Crippen LogP contribution in [-0.2, 0) is 6.54 Å². The fourth-order valence-corrected chi connectivity index (χ4v) is 3.64. The molecule has 6 nitrogen and oxygen atoms in total. The molecule has 0 fully saturated rings. The van der Waals surface area contributed by atoms with E-state index in [1.807, 2.05) is 26.2 Å². The first-order valence-corrected chi connectivity index (χ1v) is 9.95. The van der Waals surface area contributed by atoms with Gasteiger partial charge in [0.05, 0.1) is 0 Å². The fourth-order valence-electron chi connectivity index (χ4n) is 3.64. The Morgan fingerprint density at radius 2 is 1.66 bits per heavy atom. The minimum absolute atomic E-state index is 0.0114. The molecule has 162 valence electrons. The van der Waals surface area contributed by atoms with E-state index in [2.05, 4.69) is 16.4 Å². The molecule has 0 spiro atoms. The van der Waals surface area contributed by atoms with Gasteiger partial charge in [-0.25, -0.2) is 0 Å². The van der Waals surface area contributed by atoms with Crippen LogP contribution >= 0.6 is 0 Å². The maximum absolute atomic E-state index is 10.2. The second kappa shape index (κ2) is 13.2. The number of phenolic OH excluding ortho intramolecular Hbond substituents is 1. The quantitative estimate of drug-likeness (QED) is 0.299. The second-order valence-corrected chi connectivity index (χ2v) is 7.22. The molecule has 0 aliphatic carbocycles. The standard InChI is InChI=1S/C23H36N2O4/c1-5-9-18(22(28)6-2)16-24(3)20(12-14-26)21(13-15-27)25(4)17-19-10-7-8-11-23(19)29/h5-11,20-21,26-29H,1,12-17H2,2-4H3/b18-9-,22-6+. The van der Waals surface area contributed by atoms with Gasteiger partial charge in [0.15, 0.2) is 0 Å². The number of para-hydroxylation sites is 1. The smallest absolute Gasteiger partial charge is 0.120 e. The lowest BCUT2D eigenvalue weighted by molar-refractivity contribution is 0.0730. The number of likely N-dealkylation sites (N-methyl/N-ethyl adjacent to an activating group) is 2. The van der Waals surface area contributed by atoms with Crippen molar-refractivity contribution in [3.8, 4) is 5.75 Å². The maximum atomic E-state index is 10.2. The van der Waals surface area contributed by atoms with Gasteiger partial charge in [0.2, 0.25) is 0 Å². The molecule has 1 rings (SSSR count). The third kappa shape index (κ3) is 7.66. The second-order valence-electron chi connectivity index (χ2n) is 7.22. The van der Waals surface area contributed by atoms with Gasteiger partial charge < -0.3 is 20.4 Å². The zero-order valence-corrected chi connectivity index (χ0v) is 17.8. The summed E-state index contributed by atoms with van der Waals surface area (Å²) in [6.07, 6.45) is 6.09. The monoisotopic (exact) mass is 404 g/mol. The average molecular weight is 405 g/mol. The molecule has 0 radical (unpaired) electrons. The van der Waals surface area contributed by atoms with E-state index in [1.165, 1.54) is 0 Å². The number of phenols is 1. The number of allylic oxidation sites excluding steroid dienone is 3. The van der Waals surface area contributed by atoms with Gasteiger partial charge in [0, 0.05) is 49.5 Å². The molecule has 0 bridgehead atoms. The van der Waals surface area contributed by atoms with Crippen LogP contribution in [0.25, 0.3) is 0 Å². The van der Waals surface area contributed by atoms with Crippen molar-refractivity contribution in [2.75, 3.05) is 33.9 Å². The van der Waals surface area contributed by atoms with Gasteiger partial charge in [0.25, 0.3) is 0 Å². The summed E-state index contributed by atoms with van der Waals surface area (Å²) < 4.78 is 0. The van der Waals surface area contributed by atoms with Crippen molar-refractivity contribution in [2.24, 2.45) is 0 Å². The summed E-state index contributed by atoms with van der Waals surface area (Å²) in [5.74, 6) is 0.434. The van der Waals surface area contributed by atoms with Crippen molar-refractivity contribution in [1.29, 1.82) is 0 Å². The molecule has 0 saturated heterocycles. The minimum atomic E-state index is -0.0686. The van der Waals surface area contributed by atoms with Gasteiger partial charge in [-0.05, 0) is 46.0 Å². The van der Waals surface area contributed by atoms with Crippen LogP contribution in [0.3, 0.4) is 0 Å². The van der Waals surface area contributed by atoms with E-state index in [0.29, 0.717) is 25.9 Å². The van der Waals surface area contributed by atoms with Crippen LogP contribution in [0.1, 0.15) is 25.3 Å². The Morgan fingerprint density at radius 1 is 1.07 bits per heavy atom. The molecular formula is C23H36N2O4. The Balaban J connectivity index is 3.09. The predicted molar refractivity (Wildman–Crippen MR) is 118 cm³/mol. The number of aliphatic hydroxyl groups excluding tert-OH is 3. The van der Waals surface area contributed by atoms with Crippen LogP contribution < -0.4 is 0 Å². The van der Waals surface area contributed by atoms with E-state index in [1.54, 1.807) is 37.3 Å². The zero-order valence-electron chi connectivity index (χ0n) is 17.8. The Morgan fingerprint density at radius 3 is 2.17 bits per heavy atom. The highest BCUT2D eigenvalue weighted by Crippen LogP contribution is 2.23. The van der Waals surface area contributed by atoms with Crippen molar-refractivity contribution in [3.63, 3.8) is 0 Å². The molecule has 4 N–H and O–H groups in total. The van der Waals surface area contributed by atoms with Gasteiger partial charge in [-0.2, -0.15) is 0 Å². The molecule has 0 heterocycles. The maximum Gasteiger partial charge on any atom is 0.120 e. The number of benzene rings is 1. The molecule has 0 saturated carbocycles. The van der Waals surface area contributed by atoms with Crippen molar-refractivity contribution < 1.29 is 20.4 Å². The van der Waals surface area contributed by atoms with E-state index >= 15 is 0 Å². The summed E-state index contributed by atoms with van der Waals surface area (Å²) in [7, 11) is 3.90. The van der Waals surface area contributed by atoms with Crippen molar-refractivity contribution >= 4 is 0 Å². The summed E-state index contributed by atoms with van der Waals surface area (Å²) in [6.45, 7) is 6.50. The van der Waals surface area contributed by atoms with Gasteiger partial charge in [-0.3, -0.25) is 9.80 Å². The predicted octanol–water partition coefficient (Wildman–Crippen LogP) is 2.83. The first kappa shape index (κ1) is 24.9. The van der Waals surface area contributed by atoms with E-state index in [0.717, 1.165) is 11.1 Å². The third-order valence-corrected chi connectivity index (χ3v) is 5.18. The van der Waals surface area contributed by atoms with Gasteiger partial charge in [0.1, 0.15) is 11.5 Å². The summed E-state index contributed by atoms with van der Waals surface area (Å²) >= 11 is 0. The summed E-state index contributed by atoms with van der Waals surface area (Å²) in [5.41, 5.74) is 1.54. The van der Waals surface area contributed by atoms with Crippen molar-refractivity contribution in [1.82, 2.24) is 9.80 Å². The van der Waals surface area contributed by atoms with Crippen LogP contribution in [0.4, 0.5) is 0 Å². The van der Waals surface area contributed by atoms with E-state index < -0.39 is 0 Å².